The van der Waals surface area contributed by atoms with Crippen molar-refractivity contribution in [2.24, 2.45) is 0 Å². The van der Waals surface area contributed by atoms with Gasteiger partial charge < -0.3 is 14.2 Å². The number of aryl methyl sites for hydroxylation is 2. The van der Waals surface area contributed by atoms with E-state index in [2.05, 4.69) is 14.9 Å². The van der Waals surface area contributed by atoms with Crippen molar-refractivity contribution in [2.45, 2.75) is 13.8 Å². The van der Waals surface area contributed by atoms with Gasteiger partial charge in [0.15, 0.2) is 5.78 Å². The lowest BCUT2D eigenvalue weighted by molar-refractivity contribution is 0.0595. The number of aromatic amines is 1. The van der Waals surface area contributed by atoms with Crippen LogP contribution in [-0.4, -0.2) is 29.0 Å². The van der Waals surface area contributed by atoms with E-state index in [0.717, 1.165) is 11.1 Å². The molecule has 122 valence electrons. The Balaban J connectivity index is 2.01. The largest absolute Gasteiger partial charge is 0.464 e. The molecule has 0 radical (unpaired) electrons. The average molecular weight is 324 g/mol. The third-order valence-corrected chi connectivity index (χ3v) is 3.77. The van der Waals surface area contributed by atoms with Gasteiger partial charge in [0.1, 0.15) is 17.1 Å². The molecule has 0 amide bonds. The van der Waals surface area contributed by atoms with Crippen LogP contribution >= 0.6 is 0 Å². The second-order valence-electron chi connectivity index (χ2n) is 5.45. The lowest BCUT2D eigenvalue weighted by Gasteiger charge is -2.01. The second kappa shape index (κ2) is 6.16. The van der Waals surface area contributed by atoms with Crippen LogP contribution in [0.25, 0.3) is 11.3 Å². The highest BCUT2D eigenvalue weighted by Gasteiger charge is 2.24. The molecule has 6 nitrogen and oxygen atoms in total. The summed E-state index contributed by atoms with van der Waals surface area (Å²) in [5.74, 6) is -0.373. The predicted molar refractivity (Wildman–Crippen MR) is 87.0 cm³/mol. The minimum Gasteiger partial charge on any atom is -0.464 e. The van der Waals surface area contributed by atoms with E-state index in [-0.39, 0.29) is 11.5 Å². The highest BCUT2D eigenvalue weighted by molar-refractivity contribution is 6.13. The zero-order valence-corrected chi connectivity index (χ0v) is 13.5. The molecule has 0 saturated carbocycles. The zero-order chi connectivity index (χ0) is 17.3. The van der Waals surface area contributed by atoms with E-state index in [1.807, 2.05) is 31.2 Å². The molecule has 3 rings (SSSR count). The fourth-order valence-electron chi connectivity index (χ4n) is 2.45. The molecular formula is C18H16N2O4. The van der Waals surface area contributed by atoms with Gasteiger partial charge in [-0.3, -0.25) is 4.79 Å². The van der Waals surface area contributed by atoms with E-state index in [9.17, 15) is 9.59 Å². The van der Waals surface area contributed by atoms with Crippen LogP contribution in [0.2, 0.25) is 0 Å². The van der Waals surface area contributed by atoms with Gasteiger partial charge >= 0.3 is 5.97 Å². The van der Waals surface area contributed by atoms with Crippen molar-refractivity contribution in [1.29, 1.82) is 0 Å². The molecular weight excluding hydrogens is 308 g/mol. The number of carbonyl (C=O) groups is 2. The molecule has 0 spiro atoms. The minimum absolute atomic E-state index is 0.215. The van der Waals surface area contributed by atoms with Gasteiger partial charge in [-0.05, 0) is 19.9 Å². The Morgan fingerprint density at radius 2 is 1.88 bits per heavy atom. The Labute approximate surface area is 138 Å². The topological polar surface area (TPSA) is 85.2 Å². The van der Waals surface area contributed by atoms with Crippen molar-refractivity contribution < 1.29 is 18.8 Å². The summed E-state index contributed by atoms with van der Waals surface area (Å²) >= 11 is 0. The number of hydrogen-bond acceptors (Lipinski definition) is 5. The quantitative estimate of drug-likeness (QED) is 0.588. The van der Waals surface area contributed by atoms with Gasteiger partial charge in [-0.1, -0.05) is 35.0 Å². The molecule has 0 aliphatic rings. The number of carbonyl (C=O) groups excluding carboxylic acids is 2. The van der Waals surface area contributed by atoms with E-state index < -0.39 is 5.97 Å². The average Bonchev–Trinajstić information content (AvgIpc) is 3.21. The predicted octanol–water partition coefficient (Wildman–Crippen LogP) is 3.30. The van der Waals surface area contributed by atoms with E-state index in [1.165, 1.54) is 19.4 Å². The lowest BCUT2D eigenvalue weighted by atomic mass is 9.99. The van der Waals surface area contributed by atoms with E-state index >= 15 is 0 Å². The molecule has 3 aromatic rings. The number of benzene rings is 1. The number of H-pyrrole nitrogens is 1. The first-order valence-corrected chi connectivity index (χ1v) is 7.36. The number of hydrogen-bond donors (Lipinski definition) is 1. The van der Waals surface area contributed by atoms with Gasteiger partial charge in [-0.15, -0.1) is 0 Å². The van der Waals surface area contributed by atoms with Crippen LogP contribution in [0.1, 0.15) is 37.7 Å². The molecule has 24 heavy (non-hydrogen) atoms. The van der Waals surface area contributed by atoms with Crippen LogP contribution in [0, 0.1) is 13.8 Å². The Morgan fingerprint density at radius 3 is 2.54 bits per heavy atom. The lowest BCUT2D eigenvalue weighted by Crippen LogP contribution is -2.03. The highest BCUT2D eigenvalue weighted by atomic mass is 16.5. The van der Waals surface area contributed by atoms with Gasteiger partial charge in [0.05, 0.1) is 12.7 Å². The first kappa shape index (κ1) is 15.7. The first-order chi connectivity index (χ1) is 11.5. The van der Waals surface area contributed by atoms with Crippen LogP contribution in [0.3, 0.4) is 0 Å². The molecule has 0 atom stereocenters. The highest BCUT2D eigenvalue weighted by Crippen LogP contribution is 2.28. The first-order valence-electron chi connectivity index (χ1n) is 7.36. The SMILES string of the molecule is COC(=O)c1cc(C(=O)c2c(-c3ccc(C)cc3)noc2C)c[nH]1. The smallest absolute Gasteiger partial charge is 0.354 e. The molecule has 1 N–H and O–H groups in total. The fraction of sp³-hybridized carbons (Fsp3) is 0.167. The summed E-state index contributed by atoms with van der Waals surface area (Å²) < 4.78 is 9.86. The van der Waals surface area contributed by atoms with Crippen molar-refractivity contribution in [3.8, 4) is 11.3 Å². The summed E-state index contributed by atoms with van der Waals surface area (Å²) in [6.07, 6.45) is 1.47. The second-order valence-corrected chi connectivity index (χ2v) is 5.45. The molecule has 0 bridgehead atoms. The maximum atomic E-state index is 12.8. The summed E-state index contributed by atoms with van der Waals surface area (Å²) in [6.45, 7) is 3.67. The molecule has 0 aliphatic heterocycles. The summed E-state index contributed by atoms with van der Waals surface area (Å²) in [6, 6.07) is 9.12. The minimum atomic E-state index is -0.533. The molecule has 0 aliphatic carbocycles. The third-order valence-electron chi connectivity index (χ3n) is 3.77. The van der Waals surface area contributed by atoms with Gasteiger partial charge in [0.2, 0.25) is 0 Å². The summed E-state index contributed by atoms with van der Waals surface area (Å²) in [5, 5.41) is 4.02. The van der Waals surface area contributed by atoms with Gasteiger partial charge in [0, 0.05) is 17.3 Å². The summed E-state index contributed by atoms with van der Waals surface area (Å²) in [5.41, 5.74) is 3.33. The van der Waals surface area contributed by atoms with Crippen molar-refractivity contribution >= 4 is 11.8 Å². The fourth-order valence-corrected chi connectivity index (χ4v) is 2.45. The molecule has 0 unspecified atom stereocenters. The molecule has 0 saturated heterocycles. The van der Waals surface area contributed by atoms with Crippen molar-refractivity contribution in [3.63, 3.8) is 0 Å². The molecule has 0 fully saturated rings. The Morgan fingerprint density at radius 1 is 1.17 bits per heavy atom. The molecule has 2 heterocycles. The standard InChI is InChI=1S/C18H16N2O4/c1-10-4-6-12(7-5-10)16-15(11(2)24-20-16)17(21)13-8-14(19-9-13)18(22)23-3/h4-9,19H,1-3H3. The Kier molecular flexibility index (Phi) is 4.04. The van der Waals surface area contributed by atoms with Crippen molar-refractivity contribution in [2.75, 3.05) is 7.11 Å². The van der Waals surface area contributed by atoms with Gasteiger partial charge in [-0.2, -0.15) is 0 Å². The Hall–Kier alpha value is -3.15. The molecule has 6 heteroatoms. The maximum absolute atomic E-state index is 12.8. The number of nitrogens with zero attached hydrogens (tertiary/aromatic N) is 1. The van der Waals surface area contributed by atoms with E-state index in [1.54, 1.807) is 6.92 Å². The Bertz CT molecular complexity index is 904. The number of aromatic nitrogens is 2. The number of rotatable bonds is 4. The van der Waals surface area contributed by atoms with Crippen LogP contribution in [0.15, 0.2) is 41.1 Å². The van der Waals surface area contributed by atoms with Crippen LogP contribution in [0.5, 0.6) is 0 Å². The van der Waals surface area contributed by atoms with Gasteiger partial charge in [0.25, 0.3) is 0 Å². The monoisotopic (exact) mass is 324 g/mol. The van der Waals surface area contributed by atoms with Gasteiger partial charge in [-0.25, -0.2) is 4.79 Å². The maximum Gasteiger partial charge on any atom is 0.354 e. The number of ketones is 1. The molecule has 1 aromatic carbocycles. The third kappa shape index (κ3) is 2.74. The van der Waals surface area contributed by atoms with Crippen LogP contribution < -0.4 is 0 Å². The van der Waals surface area contributed by atoms with Crippen LogP contribution in [0.4, 0.5) is 0 Å². The zero-order valence-electron chi connectivity index (χ0n) is 13.5. The normalized spacial score (nSPS) is 10.6. The molecule has 2 aromatic heterocycles. The van der Waals surface area contributed by atoms with E-state index in [0.29, 0.717) is 22.6 Å². The number of methoxy groups -OCH3 is 1. The van der Waals surface area contributed by atoms with Crippen molar-refractivity contribution in [3.05, 3.63) is 64.7 Å². The summed E-state index contributed by atoms with van der Waals surface area (Å²) in [7, 11) is 1.28. The van der Waals surface area contributed by atoms with Crippen molar-refractivity contribution in [1.82, 2.24) is 10.1 Å². The van der Waals surface area contributed by atoms with Crippen LogP contribution in [-0.2, 0) is 4.74 Å². The number of esters is 1. The van der Waals surface area contributed by atoms with E-state index in [4.69, 9.17) is 4.52 Å². The number of nitrogens with one attached hydrogen (secondary N) is 1. The summed E-state index contributed by atoms with van der Waals surface area (Å²) in [4.78, 5) is 27.1. The number of ether oxygens (including phenoxy) is 1.